The van der Waals surface area contributed by atoms with E-state index in [1.807, 2.05) is 31.2 Å². The maximum atomic E-state index is 11.6. The van der Waals surface area contributed by atoms with Gasteiger partial charge in [-0.25, -0.2) is 18.4 Å². The Morgan fingerprint density at radius 2 is 1.83 bits per heavy atom. The largest absolute Gasteiger partial charge is 0.388 e. The van der Waals surface area contributed by atoms with E-state index in [2.05, 4.69) is 9.97 Å². The monoisotopic (exact) mass is 431 g/mol. The van der Waals surface area contributed by atoms with E-state index < -0.39 is 15.9 Å². The lowest BCUT2D eigenvalue weighted by Gasteiger charge is -2.13. The Balaban J connectivity index is 1.77. The minimum absolute atomic E-state index is 0.156. The van der Waals surface area contributed by atoms with E-state index in [4.69, 9.17) is 17.3 Å². The molecular formula is C21H22ClN3O3S. The van der Waals surface area contributed by atoms with Crippen molar-refractivity contribution in [2.24, 2.45) is 0 Å². The first kappa shape index (κ1) is 21.2. The van der Waals surface area contributed by atoms with Crippen LogP contribution in [0.4, 0.5) is 5.95 Å². The molecule has 1 atom stereocenters. The number of sulfone groups is 1. The normalized spacial score (nSPS) is 12.7. The van der Waals surface area contributed by atoms with Crippen molar-refractivity contribution in [3.63, 3.8) is 0 Å². The maximum Gasteiger partial charge on any atom is 0.220 e. The maximum absolute atomic E-state index is 11.6. The molecule has 0 aliphatic carbocycles. The molecule has 0 aliphatic rings. The second kappa shape index (κ2) is 8.49. The number of rotatable bonds is 6. The first-order valence-electron chi connectivity index (χ1n) is 9.02. The summed E-state index contributed by atoms with van der Waals surface area (Å²) in [6.07, 6.45) is 1.28. The number of nitrogens with zero attached hydrogens (tertiary/aromatic N) is 2. The highest BCUT2D eigenvalue weighted by Gasteiger charge is 2.13. The minimum atomic E-state index is -3.26. The summed E-state index contributed by atoms with van der Waals surface area (Å²) in [5.41, 5.74) is 9.70. The van der Waals surface area contributed by atoms with Gasteiger partial charge in [-0.3, -0.25) is 0 Å². The van der Waals surface area contributed by atoms with Crippen LogP contribution in [0.5, 0.6) is 0 Å². The summed E-state index contributed by atoms with van der Waals surface area (Å²) in [6, 6.07) is 13.7. The molecule has 152 valence electrons. The molecule has 0 bridgehead atoms. The molecule has 1 unspecified atom stereocenters. The third-order valence-corrected chi connectivity index (χ3v) is 6.25. The molecule has 8 heteroatoms. The number of benzene rings is 2. The van der Waals surface area contributed by atoms with Crippen molar-refractivity contribution in [2.45, 2.75) is 30.8 Å². The van der Waals surface area contributed by atoms with Crippen molar-refractivity contribution in [3.8, 4) is 11.3 Å². The van der Waals surface area contributed by atoms with Crippen LogP contribution in [0.1, 0.15) is 29.3 Å². The van der Waals surface area contributed by atoms with E-state index in [9.17, 15) is 13.5 Å². The number of aliphatic hydroxyl groups is 1. The van der Waals surface area contributed by atoms with E-state index in [-0.39, 0.29) is 10.8 Å². The summed E-state index contributed by atoms with van der Waals surface area (Å²) in [6.45, 7) is 1.92. The first-order chi connectivity index (χ1) is 13.6. The van der Waals surface area contributed by atoms with Gasteiger partial charge in [0.15, 0.2) is 9.84 Å². The molecule has 0 spiro atoms. The lowest BCUT2D eigenvalue weighted by atomic mass is 10.0. The summed E-state index contributed by atoms with van der Waals surface area (Å²) < 4.78 is 23.1. The molecule has 0 amide bonds. The van der Waals surface area contributed by atoms with Crippen LogP contribution in [-0.4, -0.2) is 29.7 Å². The van der Waals surface area contributed by atoms with Gasteiger partial charge in [-0.05, 0) is 55.2 Å². The third kappa shape index (κ3) is 5.12. The fourth-order valence-corrected chi connectivity index (χ4v) is 3.86. The van der Waals surface area contributed by atoms with Crippen molar-refractivity contribution in [2.75, 3.05) is 12.0 Å². The molecule has 0 radical (unpaired) electrons. The predicted molar refractivity (Wildman–Crippen MR) is 114 cm³/mol. The number of nitrogens with two attached hydrogens (primary N) is 1. The van der Waals surface area contributed by atoms with Crippen LogP contribution in [0, 0.1) is 6.92 Å². The molecule has 29 heavy (non-hydrogen) atoms. The van der Waals surface area contributed by atoms with E-state index in [0.717, 1.165) is 17.4 Å². The van der Waals surface area contributed by atoms with E-state index in [1.165, 1.54) is 12.1 Å². The highest BCUT2D eigenvalue weighted by Crippen LogP contribution is 2.28. The van der Waals surface area contributed by atoms with Crippen LogP contribution in [-0.2, 0) is 16.3 Å². The van der Waals surface area contributed by atoms with Crippen LogP contribution in [0.3, 0.4) is 0 Å². The zero-order valence-corrected chi connectivity index (χ0v) is 17.7. The Morgan fingerprint density at radius 1 is 1.14 bits per heavy atom. The fourth-order valence-electron chi connectivity index (χ4n) is 3.06. The zero-order valence-electron chi connectivity index (χ0n) is 16.1. The van der Waals surface area contributed by atoms with Gasteiger partial charge in [0, 0.05) is 22.5 Å². The average Bonchev–Trinajstić information content (AvgIpc) is 2.67. The topological polar surface area (TPSA) is 106 Å². The van der Waals surface area contributed by atoms with Gasteiger partial charge in [-0.1, -0.05) is 35.9 Å². The molecule has 0 saturated carbocycles. The summed E-state index contributed by atoms with van der Waals surface area (Å²) in [5.74, 6) is 0.156. The Hall–Kier alpha value is -2.48. The molecule has 3 rings (SSSR count). The van der Waals surface area contributed by atoms with Crippen LogP contribution in [0.2, 0.25) is 5.02 Å². The lowest BCUT2D eigenvalue weighted by molar-refractivity contribution is 0.167. The van der Waals surface area contributed by atoms with Crippen LogP contribution < -0.4 is 5.73 Å². The number of nitrogen functional groups attached to an aromatic ring is 1. The van der Waals surface area contributed by atoms with Gasteiger partial charge < -0.3 is 10.8 Å². The molecular weight excluding hydrogens is 410 g/mol. The number of hydrogen-bond donors (Lipinski definition) is 2. The van der Waals surface area contributed by atoms with Gasteiger partial charge in [0.05, 0.1) is 16.7 Å². The lowest BCUT2D eigenvalue weighted by Crippen LogP contribution is -2.05. The van der Waals surface area contributed by atoms with Gasteiger partial charge in [0.2, 0.25) is 5.95 Å². The number of aryl methyl sites for hydroxylation is 1. The first-order valence-corrected chi connectivity index (χ1v) is 11.3. The van der Waals surface area contributed by atoms with Crippen LogP contribution >= 0.6 is 11.6 Å². The standard InChI is InChI=1S/C21H22ClN3O3S/c1-13-17(4-3-5-18(13)22)19-12-15(24-21(23)25-19)8-11-20(26)14-6-9-16(10-7-14)29(2,27)28/h3-7,9-10,12,20,26H,8,11H2,1-2H3,(H2,23,24,25). The predicted octanol–water partition coefficient (Wildman–Crippen LogP) is 3.76. The van der Waals surface area contributed by atoms with Gasteiger partial charge in [-0.15, -0.1) is 0 Å². The molecule has 1 aromatic heterocycles. The SMILES string of the molecule is Cc1c(Cl)cccc1-c1cc(CCC(O)c2ccc(S(C)(=O)=O)cc2)nc(N)n1. The molecule has 3 N–H and O–H groups in total. The molecule has 3 aromatic rings. The van der Waals surface area contributed by atoms with Gasteiger partial charge in [0.1, 0.15) is 0 Å². The molecule has 0 aliphatic heterocycles. The van der Waals surface area contributed by atoms with Gasteiger partial charge in [0.25, 0.3) is 0 Å². The van der Waals surface area contributed by atoms with Gasteiger partial charge >= 0.3 is 0 Å². The summed E-state index contributed by atoms with van der Waals surface area (Å²) in [4.78, 5) is 8.80. The Kier molecular flexibility index (Phi) is 6.21. The molecule has 0 fully saturated rings. The van der Waals surface area contributed by atoms with E-state index in [1.54, 1.807) is 12.1 Å². The fraction of sp³-hybridized carbons (Fsp3) is 0.238. The Labute approximate surface area is 175 Å². The van der Waals surface area contributed by atoms with Crippen LogP contribution in [0.15, 0.2) is 53.4 Å². The minimum Gasteiger partial charge on any atom is -0.388 e. The summed E-state index contributed by atoms with van der Waals surface area (Å²) in [7, 11) is -3.26. The molecule has 0 saturated heterocycles. The van der Waals surface area contributed by atoms with Crippen molar-refractivity contribution >= 4 is 27.4 Å². The molecule has 2 aromatic carbocycles. The van der Waals surface area contributed by atoms with Crippen molar-refractivity contribution in [1.29, 1.82) is 0 Å². The zero-order chi connectivity index (χ0) is 21.2. The molecule has 1 heterocycles. The number of anilines is 1. The number of hydrogen-bond acceptors (Lipinski definition) is 6. The highest BCUT2D eigenvalue weighted by molar-refractivity contribution is 7.90. The van der Waals surface area contributed by atoms with Crippen molar-refractivity contribution < 1.29 is 13.5 Å². The number of aliphatic hydroxyl groups excluding tert-OH is 1. The van der Waals surface area contributed by atoms with Crippen molar-refractivity contribution in [1.82, 2.24) is 9.97 Å². The molecule has 6 nitrogen and oxygen atoms in total. The van der Waals surface area contributed by atoms with Gasteiger partial charge in [-0.2, -0.15) is 0 Å². The Morgan fingerprint density at radius 3 is 2.48 bits per heavy atom. The third-order valence-electron chi connectivity index (χ3n) is 4.71. The number of halogens is 1. The number of aromatic nitrogens is 2. The second-order valence-corrected chi connectivity index (χ2v) is 9.33. The second-order valence-electron chi connectivity index (χ2n) is 6.91. The summed E-state index contributed by atoms with van der Waals surface area (Å²) >= 11 is 6.21. The smallest absolute Gasteiger partial charge is 0.220 e. The summed E-state index contributed by atoms with van der Waals surface area (Å²) in [5, 5.41) is 11.1. The van der Waals surface area contributed by atoms with E-state index >= 15 is 0 Å². The average molecular weight is 432 g/mol. The highest BCUT2D eigenvalue weighted by atomic mass is 35.5. The Bertz CT molecular complexity index is 1130. The quantitative estimate of drug-likeness (QED) is 0.615. The van der Waals surface area contributed by atoms with E-state index in [0.29, 0.717) is 34.8 Å². The van der Waals surface area contributed by atoms with Crippen LogP contribution in [0.25, 0.3) is 11.3 Å². The van der Waals surface area contributed by atoms with Crippen molar-refractivity contribution in [3.05, 3.63) is 70.4 Å².